The maximum absolute atomic E-state index is 11.8. The molecule has 78 valence electrons. The van der Waals surface area contributed by atoms with Gasteiger partial charge in [0.25, 0.3) is 5.91 Å². The van der Waals surface area contributed by atoms with E-state index in [0.717, 1.165) is 5.57 Å². The summed E-state index contributed by atoms with van der Waals surface area (Å²) in [6.07, 6.45) is 1.52. The van der Waals surface area contributed by atoms with E-state index < -0.39 is 0 Å². The zero-order valence-corrected chi connectivity index (χ0v) is 9.00. The summed E-state index contributed by atoms with van der Waals surface area (Å²) in [6, 6.07) is -0.425. The first-order valence-corrected chi connectivity index (χ1v) is 4.71. The molecule has 1 rings (SSSR count). The molecule has 1 heterocycles. The van der Waals surface area contributed by atoms with Gasteiger partial charge >= 0.3 is 0 Å². The van der Waals surface area contributed by atoms with Gasteiger partial charge in [0.15, 0.2) is 0 Å². The molecule has 1 aliphatic heterocycles. The molecule has 1 aliphatic rings. The first kappa shape index (κ1) is 10.9. The molecule has 0 aromatic carbocycles. The smallest absolute Gasteiger partial charge is 0.253 e. The maximum atomic E-state index is 11.8. The minimum absolute atomic E-state index is 0.106. The predicted molar refractivity (Wildman–Crippen MR) is 53.6 cm³/mol. The molecule has 0 radical (unpaired) electrons. The van der Waals surface area contributed by atoms with E-state index >= 15 is 0 Å². The molecule has 0 aromatic heterocycles. The van der Waals surface area contributed by atoms with Crippen LogP contribution in [-0.2, 0) is 9.59 Å². The van der Waals surface area contributed by atoms with Gasteiger partial charge in [-0.3, -0.25) is 14.5 Å². The van der Waals surface area contributed by atoms with E-state index in [9.17, 15) is 9.59 Å². The summed E-state index contributed by atoms with van der Waals surface area (Å²) in [4.78, 5) is 24.5. The second-order valence-corrected chi connectivity index (χ2v) is 3.62. The Balaban J connectivity index is 2.81. The van der Waals surface area contributed by atoms with Gasteiger partial charge < -0.3 is 5.32 Å². The van der Waals surface area contributed by atoms with Crippen molar-refractivity contribution in [3.05, 3.63) is 11.6 Å². The molecular weight excluding hydrogens is 180 g/mol. The van der Waals surface area contributed by atoms with Crippen LogP contribution in [0.15, 0.2) is 11.6 Å². The highest BCUT2D eigenvalue weighted by molar-refractivity contribution is 6.05. The van der Waals surface area contributed by atoms with Gasteiger partial charge in [-0.1, -0.05) is 0 Å². The Morgan fingerprint density at radius 3 is 2.57 bits per heavy atom. The molecular formula is C10H16N2O2. The molecule has 4 nitrogen and oxygen atoms in total. The van der Waals surface area contributed by atoms with Gasteiger partial charge in [-0.2, -0.15) is 0 Å². The zero-order valence-electron chi connectivity index (χ0n) is 9.00. The van der Waals surface area contributed by atoms with Crippen molar-refractivity contribution in [3.8, 4) is 0 Å². The summed E-state index contributed by atoms with van der Waals surface area (Å²) >= 11 is 0. The monoisotopic (exact) mass is 196 g/mol. The third kappa shape index (κ3) is 1.70. The van der Waals surface area contributed by atoms with Crippen LogP contribution in [0.25, 0.3) is 0 Å². The van der Waals surface area contributed by atoms with Crippen LogP contribution < -0.4 is 5.32 Å². The molecule has 0 aliphatic carbocycles. The highest BCUT2D eigenvalue weighted by Crippen LogP contribution is 2.19. The number of imide groups is 1. The second kappa shape index (κ2) is 3.92. The van der Waals surface area contributed by atoms with Gasteiger partial charge in [-0.15, -0.1) is 0 Å². The van der Waals surface area contributed by atoms with Crippen LogP contribution in [-0.4, -0.2) is 35.8 Å². The average Bonchev–Trinajstić information content (AvgIpc) is 2.39. The second-order valence-electron chi connectivity index (χ2n) is 3.62. The lowest BCUT2D eigenvalue weighted by Crippen LogP contribution is -2.47. The molecule has 0 saturated heterocycles. The van der Waals surface area contributed by atoms with E-state index in [1.807, 2.05) is 13.8 Å². The van der Waals surface area contributed by atoms with E-state index in [2.05, 4.69) is 5.32 Å². The SMILES string of the molecule is CNC(C)C(=O)N1C(=O)C=C(C)C1C. The fourth-order valence-corrected chi connectivity index (χ4v) is 1.41. The lowest BCUT2D eigenvalue weighted by Gasteiger charge is -2.24. The van der Waals surface area contributed by atoms with Crippen molar-refractivity contribution >= 4 is 11.8 Å². The third-order valence-corrected chi connectivity index (χ3v) is 2.68. The summed E-state index contributed by atoms with van der Waals surface area (Å²) in [5, 5.41) is 2.83. The fraction of sp³-hybridized carbons (Fsp3) is 0.600. The van der Waals surface area contributed by atoms with Crippen molar-refractivity contribution in [1.29, 1.82) is 0 Å². The summed E-state index contributed by atoms with van der Waals surface area (Å²) in [6.45, 7) is 5.47. The highest BCUT2D eigenvalue weighted by Gasteiger charge is 2.33. The standard InChI is InChI=1S/C10H16N2O2/c1-6-5-9(13)12(8(6)3)10(14)7(2)11-4/h5,7-8,11H,1-4H3. The molecule has 0 aromatic rings. The normalized spacial score (nSPS) is 23.7. The Bertz CT molecular complexity index is 296. The highest BCUT2D eigenvalue weighted by atomic mass is 16.2. The number of likely N-dealkylation sites (N-methyl/N-ethyl adjacent to an activating group) is 1. The Labute approximate surface area is 84.0 Å². The first-order valence-electron chi connectivity index (χ1n) is 4.71. The van der Waals surface area contributed by atoms with Gasteiger partial charge in [-0.05, 0) is 33.4 Å². The summed E-state index contributed by atoms with van der Waals surface area (Å²) < 4.78 is 0. The van der Waals surface area contributed by atoms with Crippen LogP contribution in [0, 0.1) is 0 Å². The van der Waals surface area contributed by atoms with Gasteiger partial charge in [0.05, 0.1) is 12.1 Å². The lowest BCUT2D eigenvalue weighted by molar-refractivity contribution is -0.143. The van der Waals surface area contributed by atoms with Crippen molar-refractivity contribution < 1.29 is 9.59 Å². The molecule has 2 unspecified atom stereocenters. The van der Waals surface area contributed by atoms with Gasteiger partial charge in [0.2, 0.25) is 5.91 Å². The summed E-state index contributed by atoms with van der Waals surface area (Å²) in [5.41, 5.74) is 0.937. The first-order chi connectivity index (χ1) is 6.49. The number of rotatable bonds is 2. The number of nitrogens with one attached hydrogen (secondary N) is 1. The molecule has 1 N–H and O–H groups in total. The Kier molecular flexibility index (Phi) is 3.06. The molecule has 14 heavy (non-hydrogen) atoms. The van der Waals surface area contributed by atoms with Crippen molar-refractivity contribution in [1.82, 2.24) is 10.2 Å². The van der Waals surface area contributed by atoms with Crippen LogP contribution in [0.4, 0.5) is 0 Å². The van der Waals surface area contributed by atoms with Crippen molar-refractivity contribution in [2.75, 3.05) is 7.05 Å². The van der Waals surface area contributed by atoms with Gasteiger partial charge in [0.1, 0.15) is 0 Å². The summed E-state index contributed by atoms with van der Waals surface area (Å²) in [7, 11) is 1.70. The number of hydrogen-bond donors (Lipinski definition) is 1. The minimum atomic E-state index is -0.319. The number of amides is 2. The number of carbonyl (C=O) groups excluding carboxylic acids is 2. The lowest BCUT2D eigenvalue weighted by atomic mass is 10.1. The van der Waals surface area contributed by atoms with Crippen LogP contribution in [0.3, 0.4) is 0 Å². The largest absolute Gasteiger partial charge is 0.309 e. The predicted octanol–water partition coefficient (Wildman–Crippen LogP) is 0.298. The van der Waals surface area contributed by atoms with Crippen LogP contribution >= 0.6 is 0 Å². The fourth-order valence-electron chi connectivity index (χ4n) is 1.41. The average molecular weight is 196 g/mol. The molecule has 0 fully saturated rings. The quantitative estimate of drug-likeness (QED) is 0.691. The van der Waals surface area contributed by atoms with Gasteiger partial charge in [-0.25, -0.2) is 0 Å². The van der Waals surface area contributed by atoms with Crippen molar-refractivity contribution in [3.63, 3.8) is 0 Å². The van der Waals surface area contributed by atoms with Gasteiger partial charge in [0, 0.05) is 6.08 Å². The van der Waals surface area contributed by atoms with E-state index in [1.165, 1.54) is 11.0 Å². The van der Waals surface area contributed by atoms with E-state index in [1.54, 1.807) is 14.0 Å². The number of carbonyl (C=O) groups is 2. The Morgan fingerprint density at radius 1 is 1.64 bits per heavy atom. The van der Waals surface area contributed by atoms with Crippen LogP contribution in [0.5, 0.6) is 0 Å². The van der Waals surface area contributed by atoms with E-state index in [4.69, 9.17) is 0 Å². The van der Waals surface area contributed by atoms with Crippen LogP contribution in [0.2, 0.25) is 0 Å². The number of nitrogens with zero attached hydrogens (tertiary/aromatic N) is 1. The van der Waals surface area contributed by atoms with Crippen LogP contribution in [0.1, 0.15) is 20.8 Å². The molecule has 2 atom stereocenters. The van der Waals surface area contributed by atoms with Crippen molar-refractivity contribution in [2.45, 2.75) is 32.9 Å². The third-order valence-electron chi connectivity index (χ3n) is 2.68. The number of hydrogen-bond acceptors (Lipinski definition) is 3. The molecule has 4 heteroatoms. The Hall–Kier alpha value is -1.16. The molecule has 0 bridgehead atoms. The molecule has 0 spiro atoms. The molecule has 2 amide bonds. The van der Waals surface area contributed by atoms with E-state index in [0.29, 0.717) is 0 Å². The van der Waals surface area contributed by atoms with Crippen molar-refractivity contribution in [2.24, 2.45) is 0 Å². The Morgan fingerprint density at radius 2 is 2.21 bits per heavy atom. The molecule has 0 saturated carbocycles. The zero-order chi connectivity index (χ0) is 10.9. The van der Waals surface area contributed by atoms with E-state index in [-0.39, 0.29) is 23.9 Å². The maximum Gasteiger partial charge on any atom is 0.253 e. The topological polar surface area (TPSA) is 49.4 Å². The minimum Gasteiger partial charge on any atom is -0.309 e. The summed E-state index contributed by atoms with van der Waals surface area (Å²) in [5.74, 6) is -0.375.